The van der Waals surface area contributed by atoms with Crippen molar-refractivity contribution in [1.29, 1.82) is 0 Å². The van der Waals surface area contributed by atoms with E-state index in [2.05, 4.69) is 5.32 Å². The molecule has 0 aliphatic carbocycles. The van der Waals surface area contributed by atoms with Crippen molar-refractivity contribution in [2.45, 2.75) is 6.42 Å². The van der Waals surface area contributed by atoms with Crippen LogP contribution in [0, 0.1) is 5.82 Å². The largest absolute Gasteiger partial charge is 0.507 e. The maximum atomic E-state index is 13.3. The number of imide groups is 1. The Morgan fingerprint density at radius 3 is 2.63 bits per heavy atom. The molecule has 3 N–H and O–H groups in total. The Morgan fingerprint density at radius 2 is 1.93 bits per heavy atom. The van der Waals surface area contributed by atoms with E-state index in [-0.39, 0.29) is 29.1 Å². The number of hydrogen-bond acceptors (Lipinski definition) is 6. The quantitative estimate of drug-likeness (QED) is 0.474. The third-order valence-corrected chi connectivity index (χ3v) is 5.00. The van der Waals surface area contributed by atoms with Gasteiger partial charge in [0.2, 0.25) is 5.91 Å². The molecule has 0 unspecified atom stereocenters. The summed E-state index contributed by atoms with van der Waals surface area (Å²) < 4.78 is 13.3. The minimum absolute atomic E-state index is 0.121. The first-order chi connectivity index (χ1) is 14.2. The Kier molecular flexibility index (Phi) is 6.17. The lowest BCUT2D eigenvalue weighted by molar-refractivity contribution is -0.123. The molecule has 10 heteroatoms. The van der Waals surface area contributed by atoms with Gasteiger partial charge in [-0.3, -0.25) is 19.3 Å². The van der Waals surface area contributed by atoms with Crippen molar-refractivity contribution in [2.24, 2.45) is 0 Å². The van der Waals surface area contributed by atoms with E-state index in [0.29, 0.717) is 17.3 Å². The molecule has 0 atom stereocenters. The summed E-state index contributed by atoms with van der Waals surface area (Å²) in [7, 11) is 0. The average Bonchev–Trinajstić information content (AvgIpc) is 2.94. The second-order valence-electron chi connectivity index (χ2n) is 6.22. The Balaban J connectivity index is 1.62. The SMILES string of the molecule is O=C(CCN1C(=O)SC(=Cc2cccc(F)c2)C1=O)Nc1ccc(O)c(C(=O)O)c1. The fourth-order valence-electron chi connectivity index (χ4n) is 2.66. The summed E-state index contributed by atoms with van der Waals surface area (Å²) in [5.74, 6) is -3.40. The molecule has 1 aliphatic rings. The van der Waals surface area contributed by atoms with Gasteiger partial charge in [0.15, 0.2) is 0 Å². The van der Waals surface area contributed by atoms with Crippen LogP contribution >= 0.6 is 11.8 Å². The summed E-state index contributed by atoms with van der Waals surface area (Å²) in [6.45, 7) is -0.180. The van der Waals surface area contributed by atoms with Gasteiger partial charge in [-0.15, -0.1) is 0 Å². The summed E-state index contributed by atoms with van der Waals surface area (Å²) in [6.07, 6.45) is 1.19. The van der Waals surface area contributed by atoms with Gasteiger partial charge >= 0.3 is 5.97 Å². The summed E-state index contributed by atoms with van der Waals surface area (Å²) in [5.41, 5.74) is 0.205. The number of nitrogens with one attached hydrogen (secondary N) is 1. The van der Waals surface area contributed by atoms with Gasteiger partial charge in [0, 0.05) is 18.7 Å². The van der Waals surface area contributed by atoms with Gasteiger partial charge < -0.3 is 15.5 Å². The van der Waals surface area contributed by atoms with Crippen LogP contribution in [-0.2, 0) is 9.59 Å². The van der Waals surface area contributed by atoms with Crippen molar-refractivity contribution in [3.05, 3.63) is 64.3 Å². The van der Waals surface area contributed by atoms with Crippen molar-refractivity contribution >= 4 is 46.5 Å². The number of halogens is 1. The highest BCUT2D eigenvalue weighted by molar-refractivity contribution is 8.18. The van der Waals surface area contributed by atoms with Crippen LogP contribution in [0.4, 0.5) is 14.9 Å². The lowest BCUT2D eigenvalue weighted by atomic mass is 10.1. The number of phenols is 1. The lowest BCUT2D eigenvalue weighted by Gasteiger charge is -2.12. The molecule has 0 spiro atoms. The smallest absolute Gasteiger partial charge is 0.339 e. The molecule has 3 amide bonds. The molecule has 0 saturated carbocycles. The minimum atomic E-state index is -1.36. The Labute approximate surface area is 174 Å². The monoisotopic (exact) mass is 430 g/mol. The van der Waals surface area contributed by atoms with Crippen LogP contribution in [0.2, 0.25) is 0 Å². The van der Waals surface area contributed by atoms with Crippen LogP contribution in [0.1, 0.15) is 22.3 Å². The molecule has 8 nitrogen and oxygen atoms in total. The second kappa shape index (κ2) is 8.78. The molecule has 1 heterocycles. The number of thioether (sulfide) groups is 1. The van der Waals surface area contributed by atoms with Gasteiger partial charge in [0.25, 0.3) is 11.1 Å². The molecule has 2 aromatic rings. The summed E-state index contributed by atoms with van der Waals surface area (Å²) in [5, 5.41) is 20.4. The average molecular weight is 430 g/mol. The molecule has 1 saturated heterocycles. The summed E-state index contributed by atoms with van der Waals surface area (Å²) in [6, 6.07) is 9.10. The van der Waals surface area contributed by atoms with Crippen molar-refractivity contribution < 1.29 is 33.8 Å². The molecule has 0 aromatic heterocycles. The highest BCUT2D eigenvalue weighted by Crippen LogP contribution is 2.32. The maximum Gasteiger partial charge on any atom is 0.339 e. The van der Waals surface area contributed by atoms with Gasteiger partial charge in [-0.05, 0) is 53.7 Å². The zero-order chi connectivity index (χ0) is 21.8. The van der Waals surface area contributed by atoms with Crippen molar-refractivity contribution in [2.75, 3.05) is 11.9 Å². The fraction of sp³-hybridized carbons (Fsp3) is 0.100. The molecule has 1 aliphatic heterocycles. The molecule has 30 heavy (non-hydrogen) atoms. The van der Waals surface area contributed by atoms with E-state index < -0.39 is 34.6 Å². The molecule has 0 radical (unpaired) electrons. The van der Waals surface area contributed by atoms with E-state index in [1.165, 1.54) is 30.3 Å². The summed E-state index contributed by atoms with van der Waals surface area (Å²) in [4.78, 5) is 48.7. The van der Waals surface area contributed by atoms with E-state index in [0.717, 1.165) is 17.0 Å². The van der Waals surface area contributed by atoms with Crippen LogP contribution in [0.5, 0.6) is 5.75 Å². The lowest BCUT2D eigenvalue weighted by Crippen LogP contribution is -2.31. The maximum absolute atomic E-state index is 13.3. The first kappa shape index (κ1) is 21.1. The molecular weight excluding hydrogens is 415 g/mol. The predicted molar refractivity (Wildman–Crippen MR) is 107 cm³/mol. The van der Waals surface area contributed by atoms with Crippen molar-refractivity contribution in [3.63, 3.8) is 0 Å². The number of carbonyl (C=O) groups is 4. The van der Waals surface area contributed by atoms with E-state index in [1.807, 2.05) is 0 Å². The molecule has 1 fully saturated rings. The predicted octanol–water partition coefficient (Wildman–Crippen LogP) is 3.29. The highest BCUT2D eigenvalue weighted by atomic mass is 32.2. The van der Waals surface area contributed by atoms with Gasteiger partial charge in [0.05, 0.1) is 4.91 Å². The van der Waals surface area contributed by atoms with Crippen LogP contribution in [0.15, 0.2) is 47.4 Å². The standard InChI is InChI=1S/C20H15FN2O6S/c21-12-3-1-2-11(8-12)9-16-18(26)23(20(29)30-16)7-6-17(25)22-13-4-5-15(24)14(10-13)19(27)28/h1-5,8-10,24H,6-7H2,(H,22,25)(H,27,28). The number of hydrogen-bond donors (Lipinski definition) is 3. The molecule has 3 rings (SSSR count). The van der Waals surface area contributed by atoms with E-state index >= 15 is 0 Å². The number of carbonyl (C=O) groups excluding carboxylic acids is 3. The summed E-state index contributed by atoms with van der Waals surface area (Å²) >= 11 is 0.696. The number of carboxylic acid groups (broad SMARTS) is 1. The zero-order valence-corrected chi connectivity index (χ0v) is 16.1. The van der Waals surface area contributed by atoms with Gasteiger partial charge in [-0.2, -0.15) is 0 Å². The van der Waals surface area contributed by atoms with E-state index in [9.17, 15) is 28.7 Å². The number of aromatic carboxylic acids is 1. The number of anilines is 1. The van der Waals surface area contributed by atoms with E-state index in [4.69, 9.17) is 5.11 Å². The number of amides is 3. The topological polar surface area (TPSA) is 124 Å². The normalized spacial score (nSPS) is 15.0. The van der Waals surface area contributed by atoms with Crippen molar-refractivity contribution in [3.8, 4) is 5.75 Å². The van der Waals surface area contributed by atoms with Crippen LogP contribution in [-0.4, -0.2) is 44.7 Å². The van der Waals surface area contributed by atoms with Crippen LogP contribution in [0.3, 0.4) is 0 Å². The Bertz CT molecular complexity index is 1080. The second-order valence-corrected chi connectivity index (χ2v) is 7.22. The highest BCUT2D eigenvalue weighted by Gasteiger charge is 2.35. The molecular formula is C20H15FN2O6S. The number of aromatic hydroxyl groups is 1. The van der Waals surface area contributed by atoms with Gasteiger partial charge in [-0.25, -0.2) is 9.18 Å². The third kappa shape index (κ3) is 4.84. The first-order valence-electron chi connectivity index (χ1n) is 8.61. The number of rotatable bonds is 6. The molecule has 0 bridgehead atoms. The molecule has 2 aromatic carbocycles. The Hall–Kier alpha value is -3.66. The number of benzene rings is 2. The minimum Gasteiger partial charge on any atom is -0.507 e. The first-order valence-corrected chi connectivity index (χ1v) is 9.43. The zero-order valence-electron chi connectivity index (χ0n) is 15.3. The van der Waals surface area contributed by atoms with E-state index in [1.54, 1.807) is 6.07 Å². The fourth-order valence-corrected chi connectivity index (χ4v) is 3.53. The number of nitrogens with zero attached hydrogens (tertiary/aromatic N) is 1. The van der Waals surface area contributed by atoms with Crippen LogP contribution < -0.4 is 5.32 Å². The van der Waals surface area contributed by atoms with Gasteiger partial charge in [-0.1, -0.05) is 12.1 Å². The van der Waals surface area contributed by atoms with Crippen molar-refractivity contribution in [1.82, 2.24) is 4.90 Å². The van der Waals surface area contributed by atoms with Gasteiger partial charge in [0.1, 0.15) is 17.1 Å². The van der Waals surface area contributed by atoms with Crippen LogP contribution in [0.25, 0.3) is 6.08 Å². The third-order valence-electron chi connectivity index (χ3n) is 4.09. The number of carboxylic acids is 1. The molecule has 154 valence electrons. The Morgan fingerprint density at radius 1 is 1.17 bits per heavy atom.